The van der Waals surface area contributed by atoms with E-state index in [9.17, 15) is 0 Å². The molecule has 0 aromatic carbocycles. The van der Waals surface area contributed by atoms with Crippen molar-refractivity contribution >= 4 is 0 Å². The molecule has 0 saturated heterocycles. The van der Waals surface area contributed by atoms with E-state index in [1.54, 1.807) is 0 Å². The Kier molecular flexibility index (Phi) is 8.04. The van der Waals surface area contributed by atoms with Crippen LogP contribution in [0.15, 0.2) is 24.8 Å². The van der Waals surface area contributed by atoms with Crippen molar-refractivity contribution in [2.24, 2.45) is 0 Å². The van der Waals surface area contributed by atoms with Gasteiger partial charge in [-0.15, -0.1) is 6.58 Å². The molecule has 0 aliphatic heterocycles. The van der Waals surface area contributed by atoms with E-state index in [0.29, 0.717) is 0 Å². The monoisotopic (exact) mass is 137 g/mol. The number of hydrogen-bond donors (Lipinski definition) is 0. The quantitative estimate of drug-likeness (QED) is 0.388. The van der Waals surface area contributed by atoms with Gasteiger partial charge >= 0.3 is 0 Å². The number of hydrogen-bond acceptors (Lipinski definition) is 0. The van der Waals surface area contributed by atoms with Gasteiger partial charge in [0.2, 0.25) is 0 Å². The van der Waals surface area contributed by atoms with Crippen LogP contribution in [0, 0.1) is 6.42 Å². The standard InChI is InChI=1S/C10H17/c1-3-5-7-9-10-8-6-4-2/h3,6,8-9H,1,4-5,7,10H2,2H3/b8-6-. The Balaban J connectivity index is 2.89. The Morgan fingerprint density at radius 1 is 1.20 bits per heavy atom. The molecule has 0 aromatic rings. The average Bonchev–Trinajstić information content (AvgIpc) is 1.97. The van der Waals surface area contributed by atoms with Gasteiger partial charge in [0.1, 0.15) is 0 Å². The van der Waals surface area contributed by atoms with E-state index < -0.39 is 0 Å². The molecule has 0 N–H and O–H groups in total. The van der Waals surface area contributed by atoms with E-state index in [2.05, 4.69) is 32.1 Å². The third kappa shape index (κ3) is 7.48. The highest BCUT2D eigenvalue weighted by atomic mass is 13.9. The maximum Gasteiger partial charge on any atom is -0.0319 e. The lowest BCUT2D eigenvalue weighted by atomic mass is 10.2. The predicted octanol–water partition coefficient (Wildman–Crippen LogP) is 3.51. The zero-order chi connectivity index (χ0) is 7.66. The van der Waals surface area contributed by atoms with E-state index >= 15 is 0 Å². The first kappa shape index (κ1) is 9.48. The number of allylic oxidation sites excluding steroid dienone is 3. The summed E-state index contributed by atoms with van der Waals surface area (Å²) in [5, 5.41) is 0. The summed E-state index contributed by atoms with van der Waals surface area (Å²) in [5.41, 5.74) is 0. The molecule has 10 heavy (non-hydrogen) atoms. The fraction of sp³-hybridized carbons (Fsp3) is 0.500. The first-order chi connectivity index (χ1) is 4.91. The fourth-order valence-electron chi connectivity index (χ4n) is 0.713. The third-order valence-electron chi connectivity index (χ3n) is 1.28. The maximum absolute atomic E-state index is 3.66. The lowest BCUT2D eigenvalue weighted by molar-refractivity contribution is 0.933. The molecule has 0 rings (SSSR count). The van der Waals surface area contributed by atoms with E-state index in [4.69, 9.17) is 0 Å². The molecular weight excluding hydrogens is 120 g/mol. The van der Waals surface area contributed by atoms with Gasteiger partial charge in [0.05, 0.1) is 0 Å². The highest BCUT2D eigenvalue weighted by molar-refractivity contribution is 4.86. The molecule has 0 amide bonds. The topological polar surface area (TPSA) is 0 Å². The summed E-state index contributed by atoms with van der Waals surface area (Å²) in [4.78, 5) is 0. The Morgan fingerprint density at radius 3 is 2.60 bits per heavy atom. The van der Waals surface area contributed by atoms with E-state index in [0.717, 1.165) is 25.7 Å². The summed E-state index contributed by atoms with van der Waals surface area (Å²) in [6.07, 6.45) is 13.2. The SMILES string of the molecule is C=CCC[CH]C/C=C\CC. The molecule has 0 fully saturated rings. The second-order valence-corrected chi connectivity index (χ2v) is 2.27. The van der Waals surface area contributed by atoms with Crippen LogP contribution in [-0.2, 0) is 0 Å². The van der Waals surface area contributed by atoms with Gasteiger partial charge in [-0.25, -0.2) is 0 Å². The number of rotatable bonds is 6. The highest BCUT2D eigenvalue weighted by Crippen LogP contribution is 1.99. The smallest absolute Gasteiger partial charge is 0.0319 e. The summed E-state index contributed by atoms with van der Waals surface area (Å²) in [5.74, 6) is 0. The normalized spacial score (nSPS) is 10.5. The minimum absolute atomic E-state index is 1.11. The van der Waals surface area contributed by atoms with Gasteiger partial charge < -0.3 is 0 Å². The molecule has 0 atom stereocenters. The third-order valence-corrected chi connectivity index (χ3v) is 1.28. The van der Waals surface area contributed by atoms with Crippen LogP contribution >= 0.6 is 0 Å². The minimum Gasteiger partial charge on any atom is -0.103 e. The van der Waals surface area contributed by atoms with Crippen molar-refractivity contribution in [2.45, 2.75) is 32.6 Å². The van der Waals surface area contributed by atoms with E-state index in [-0.39, 0.29) is 0 Å². The van der Waals surface area contributed by atoms with Gasteiger partial charge in [0, 0.05) is 0 Å². The van der Waals surface area contributed by atoms with Crippen LogP contribution in [0.3, 0.4) is 0 Å². The molecule has 0 spiro atoms. The molecular formula is C10H17. The van der Waals surface area contributed by atoms with Gasteiger partial charge in [-0.05, 0) is 32.1 Å². The van der Waals surface area contributed by atoms with Crippen LogP contribution in [0.2, 0.25) is 0 Å². The average molecular weight is 137 g/mol. The van der Waals surface area contributed by atoms with Crippen molar-refractivity contribution in [1.29, 1.82) is 0 Å². The second kappa shape index (κ2) is 8.48. The molecule has 0 unspecified atom stereocenters. The molecule has 0 saturated carbocycles. The van der Waals surface area contributed by atoms with Crippen LogP contribution in [0.5, 0.6) is 0 Å². The summed E-state index contributed by atoms with van der Waals surface area (Å²) in [6.45, 7) is 5.81. The molecule has 0 heteroatoms. The summed E-state index contributed by atoms with van der Waals surface area (Å²) in [6, 6.07) is 0. The summed E-state index contributed by atoms with van der Waals surface area (Å²) in [7, 11) is 0. The van der Waals surface area contributed by atoms with Gasteiger partial charge in [-0.3, -0.25) is 0 Å². The zero-order valence-corrected chi connectivity index (χ0v) is 6.84. The van der Waals surface area contributed by atoms with Crippen molar-refractivity contribution in [2.75, 3.05) is 0 Å². The Morgan fingerprint density at radius 2 is 2.00 bits per heavy atom. The first-order valence-corrected chi connectivity index (χ1v) is 3.99. The van der Waals surface area contributed by atoms with Crippen LogP contribution in [0.4, 0.5) is 0 Å². The second-order valence-electron chi connectivity index (χ2n) is 2.27. The Hall–Kier alpha value is -0.520. The van der Waals surface area contributed by atoms with E-state index in [1.807, 2.05) is 6.08 Å². The van der Waals surface area contributed by atoms with Crippen molar-refractivity contribution < 1.29 is 0 Å². The van der Waals surface area contributed by atoms with Gasteiger partial charge in [0.15, 0.2) is 0 Å². The molecule has 0 heterocycles. The zero-order valence-electron chi connectivity index (χ0n) is 6.84. The molecule has 0 aliphatic carbocycles. The molecule has 0 bridgehead atoms. The van der Waals surface area contributed by atoms with Gasteiger partial charge in [-0.1, -0.05) is 25.2 Å². The lowest BCUT2D eigenvalue weighted by Gasteiger charge is -1.90. The highest BCUT2D eigenvalue weighted by Gasteiger charge is 1.81. The summed E-state index contributed by atoms with van der Waals surface area (Å²) >= 11 is 0. The summed E-state index contributed by atoms with van der Waals surface area (Å²) < 4.78 is 0. The molecule has 57 valence electrons. The van der Waals surface area contributed by atoms with Crippen molar-refractivity contribution in [3.05, 3.63) is 31.2 Å². The Labute approximate surface area is 64.6 Å². The Bertz CT molecular complexity index is 90.2. The molecule has 1 radical (unpaired) electrons. The van der Waals surface area contributed by atoms with E-state index in [1.165, 1.54) is 0 Å². The minimum atomic E-state index is 1.11. The van der Waals surface area contributed by atoms with Crippen LogP contribution in [0.1, 0.15) is 32.6 Å². The van der Waals surface area contributed by atoms with Crippen LogP contribution in [0.25, 0.3) is 0 Å². The largest absolute Gasteiger partial charge is 0.103 e. The predicted molar refractivity (Wildman–Crippen MR) is 47.8 cm³/mol. The number of unbranched alkanes of at least 4 members (excludes halogenated alkanes) is 3. The van der Waals surface area contributed by atoms with Crippen LogP contribution < -0.4 is 0 Å². The maximum atomic E-state index is 3.66. The van der Waals surface area contributed by atoms with Crippen molar-refractivity contribution in [3.63, 3.8) is 0 Å². The van der Waals surface area contributed by atoms with Crippen molar-refractivity contribution in [1.82, 2.24) is 0 Å². The molecule has 0 aliphatic rings. The lowest BCUT2D eigenvalue weighted by Crippen LogP contribution is -1.72. The van der Waals surface area contributed by atoms with Gasteiger partial charge in [-0.2, -0.15) is 0 Å². The molecule has 0 aromatic heterocycles. The first-order valence-electron chi connectivity index (χ1n) is 3.99. The fourth-order valence-corrected chi connectivity index (χ4v) is 0.713. The van der Waals surface area contributed by atoms with Gasteiger partial charge in [0.25, 0.3) is 0 Å². The van der Waals surface area contributed by atoms with Crippen molar-refractivity contribution in [3.8, 4) is 0 Å². The molecule has 0 nitrogen and oxygen atoms in total. The van der Waals surface area contributed by atoms with Crippen LogP contribution in [-0.4, -0.2) is 0 Å².